The highest BCUT2D eigenvalue weighted by molar-refractivity contribution is 7.99. The van der Waals surface area contributed by atoms with Crippen molar-refractivity contribution in [2.45, 2.75) is 16.7 Å². The molecule has 0 fully saturated rings. The van der Waals surface area contributed by atoms with Crippen LogP contribution in [0, 0.1) is 6.92 Å². The smallest absolute Gasteiger partial charge is 0.251 e. The minimum Gasteiger partial charge on any atom is -0.383 e. The molecule has 1 amide bonds. The first-order valence-corrected chi connectivity index (χ1v) is 11.4. The van der Waals surface area contributed by atoms with Crippen LogP contribution in [-0.4, -0.2) is 46.9 Å². The Balaban J connectivity index is 1.95. The molecule has 0 saturated carbocycles. The average Bonchev–Trinajstić information content (AvgIpc) is 2.66. The number of nitrogens with one attached hydrogen (secondary N) is 2. The summed E-state index contributed by atoms with van der Waals surface area (Å²) in [6, 6.07) is 12.0. The molecule has 0 aliphatic heterocycles. The van der Waals surface area contributed by atoms with E-state index >= 15 is 0 Å². The number of halogens is 1. The quantitative estimate of drug-likeness (QED) is 0.436. The number of hydrogen-bond donors (Lipinski definition) is 2. The molecule has 0 atom stereocenters. The van der Waals surface area contributed by atoms with E-state index in [1.165, 1.54) is 19.2 Å². The van der Waals surface area contributed by atoms with E-state index in [2.05, 4.69) is 10.0 Å². The molecule has 0 bridgehead atoms. The molecule has 2 aromatic rings. The fourth-order valence-electron chi connectivity index (χ4n) is 2.33. The molecule has 0 aliphatic rings. The van der Waals surface area contributed by atoms with Crippen molar-refractivity contribution in [3.63, 3.8) is 0 Å². The van der Waals surface area contributed by atoms with Crippen molar-refractivity contribution in [1.29, 1.82) is 0 Å². The van der Waals surface area contributed by atoms with E-state index in [1.54, 1.807) is 24.8 Å². The van der Waals surface area contributed by atoms with E-state index in [0.29, 0.717) is 28.4 Å². The molecule has 0 aromatic heterocycles. The number of sulfonamides is 1. The van der Waals surface area contributed by atoms with Crippen molar-refractivity contribution in [2.24, 2.45) is 0 Å². The van der Waals surface area contributed by atoms with E-state index in [9.17, 15) is 13.2 Å². The number of rotatable bonds is 10. The van der Waals surface area contributed by atoms with Crippen LogP contribution in [0.2, 0.25) is 5.02 Å². The van der Waals surface area contributed by atoms with E-state index in [0.717, 1.165) is 4.90 Å². The number of benzene rings is 2. The lowest BCUT2D eigenvalue weighted by Gasteiger charge is -2.11. The second kappa shape index (κ2) is 10.8. The molecule has 0 radical (unpaired) electrons. The Morgan fingerprint density at radius 3 is 2.54 bits per heavy atom. The van der Waals surface area contributed by atoms with Gasteiger partial charge in [-0.2, -0.15) is 0 Å². The zero-order valence-electron chi connectivity index (χ0n) is 15.7. The minimum atomic E-state index is -3.69. The van der Waals surface area contributed by atoms with Gasteiger partial charge in [0.15, 0.2) is 0 Å². The lowest BCUT2D eigenvalue weighted by atomic mass is 10.1. The van der Waals surface area contributed by atoms with Gasteiger partial charge in [-0.25, -0.2) is 13.1 Å². The molecule has 0 heterocycles. The lowest BCUT2D eigenvalue weighted by Crippen LogP contribution is -2.29. The van der Waals surface area contributed by atoms with Gasteiger partial charge in [0, 0.05) is 41.4 Å². The number of methoxy groups -OCH3 is 1. The van der Waals surface area contributed by atoms with Crippen LogP contribution in [0.1, 0.15) is 15.9 Å². The van der Waals surface area contributed by atoms with Crippen LogP contribution in [0.25, 0.3) is 0 Å². The Labute approximate surface area is 175 Å². The van der Waals surface area contributed by atoms with E-state index in [4.69, 9.17) is 16.3 Å². The van der Waals surface area contributed by atoms with Gasteiger partial charge < -0.3 is 10.1 Å². The van der Waals surface area contributed by atoms with Crippen LogP contribution < -0.4 is 10.0 Å². The number of carbonyl (C=O) groups excluding carboxylic acids is 1. The number of hydrogen-bond acceptors (Lipinski definition) is 5. The first-order valence-electron chi connectivity index (χ1n) is 8.59. The average molecular weight is 443 g/mol. The third-order valence-electron chi connectivity index (χ3n) is 3.83. The summed E-state index contributed by atoms with van der Waals surface area (Å²) in [4.78, 5) is 13.6. The Kier molecular flexibility index (Phi) is 8.78. The summed E-state index contributed by atoms with van der Waals surface area (Å²) in [5, 5.41) is 3.51. The highest BCUT2D eigenvalue weighted by Gasteiger charge is 2.17. The molecule has 0 saturated heterocycles. The zero-order valence-corrected chi connectivity index (χ0v) is 18.1. The first-order chi connectivity index (χ1) is 13.3. The fourth-order valence-corrected chi connectivity index (χ4v) is 4.27. The monoisotopic (exact) mass is 442 g/mol. The largest absolute Gasteiger partial charge is 0.383 e. The Hall–Kier alpha value is -1.58. The fraction of sp³-hybridized carbons (Fsp3) is 0.316. The third kappa shape index (κ3) is 6.79. The maximum absolute atomic E-state index is 12.5. The SMILES string of the molecule is COCCNS(=O)(=O)c1ccc(C)c(C(=O)NCCSc2ccc(Cl)cc2)c1. The van der Waals surface area contributed by atoms with Gasteiger partial charge in [0.25, 0.3) is 5.91 Å². The summed E-state index contributed by atoms with van der Waals surface area (Å²) >= 11 is 7.46. The molecule has 6 nitrogen and oxygen atoms in total. The van der Waals surface area contributed by atoms with Gasteiger partial charge in [-0.1, -0.05) is 17.7 Å². The van der Waals surface area contributed by atoms with Gasteiger partial charge in [0.2, 0.25) is 10.0 Å². The van der Waals surface area contributed by atoms with Crippen LogP contribution in [0.3, 0.4) is 0 Å². The second-order valence-electron chi connectivity index (χ2n) is 5.93. The van der Waals surface area contributed by atoms with E-state index in [1.807, 2.05) is 24.3 Å². The van der Waals surface area contributed by atoms with E-state index in [-0.39, 0.29) is 24.0 Å². The van der Waals surface area contributed by atoms with Crippen LogP contribution in [-0.2, 0) is 14.8 Å². The standard InChI is InChI=1S/C19H23ClN2O4S2/c1-14-3-8-17(28(24,25)22-9-11-26-2)13-18(14)19(23)21-10-12-27-16-6-4-15(20)5-7-16/h3-8,13,22H,9-12H2,1-2H3,(H,21,23). The normalized spacial score (nSPS) is 11.4. The predicted octanol–water partition coefficient (Wildman–Crippen LogP) is 3.10. The van der Waals surface area contributed by atoms with Crippen LogP contribution >= 0.6 is 23.4 Å². The van der Waals surface area contributed by atoms with E-state index < -0.39 is 10.0 Å². The van der Waals surface area contributed by atoms with Gasteiger partial charge in [-0.15, -0.1) is 11.8 Å². The van der Waals surface area contributed by atoms with Gasteiger partial charge >= 0.3 is 0 Å². The number of amides is 1. The predicted molar refractivity (Wildman–Crippen MR) is 113 cm³/mol. The number of carbonyl (C=O) groups is 1. The Bertz CT molecular complexity index is 903. The topological polar surface area (TPSA) is 84.5 Å². The molecule has 9 heteroatoms. The summed E-state index contributed by atoms with van der Waals surface area (Å²) in [6.45, 7) is 2.65. The van der Waals surface area contributed by atoms with Gasteiger partial charge in [-0.3, -0.25) is 4.79 Å². The van der Waals surface area contributed by atoms with Crippen LogP contribution in [0.4, 0.5) is 0 Å². The molecule has 2 rings (SSSR count). The summed E-state index contributed by atoms with van der Waals surface area (Å²) in [7, 11) is -2.20. The molecule has 0 spiro atoms. The van der Waals surface area contributed by atoms with Crippen LogP contribution in [0.5, 0.6) is 0 Å². The van der Waals surface area contributed by atoms with Crippen molar-refractivity contribution < 1.29 is 17.9 Å². The second-order valence-corrected chi connectivity index (χ2v) is 9.30. The zero-order chi connectivity index (χ0) is 20.6. The van der Waals surface area contributed by atoms with Crippen molar-refractivity contribution >= 4 is 39.3 Å². The van der Waals surface area contributed by atoms with Crippen molar-refractivity contribution in [3.8, 4) is 0 Å². The van der Waals surface area contributed by atoms with Crippen molar-refractivity contribution in [3.05, 3.63) is 58.6 Å². The minimum absolute atomic E-state index is 0.0508. The summed E-state index contributed by atoms with van der Waals surface area (Å²) in [5.41, 5.74) is 1.05. The Morgan fingerprint density at radius 1 is 1.14 bits per heavy atom. The summed E-state index contributed by atoms with van der Waals surface area (Å²) in [5.74, 6) is 0.381. The maximum Gasteiger partial charge on any atom is 0.251 e. The number of aryl methyl sites for hydroxylation is 1. The molecule has 2 N–H and O–H groups in total. The highest BCUT2D eigenvalue weighted by atomic mass is 35.5. The van der Waals surface area contributed by atoms with Crippen LogP contribution in [0.15, 0.2) is 52.3 Å². The highest BCUT2D eigenvalue weighted by Crippen LogP contribution is 2.20. The maximum atomic E-state index is 12.5. The lowest BCUT2D eigenvalue weighted by molar-refractivity contribution is 0.0955. The van der Waals surface area contributed by atoms with Gasteiger partial charge in [0.1, 0.15) is 0 Å². The Morgan fingerprint density at radius 2 is 1.86 bits per heavy atom. The first kappa shape index (κ1) is 22.7. The summed E-state index contributed by atoms with van der Waals surface area (Å²) < 4.78 is 31.9. The molecule has 28 heavy (non-hydrogen) atoms. The third-order valence-corrected chi connectivity index (χ3v) is 6.56. The molecule has 2 aromatic carbocycles. The van der Waals surface area contributed by atoms with Gasteiger partial charge in [0.05, 0.1) is 11.5 Å². The molecular weight excluding hydrogens is 420 g/mol. The molecule has 0 unspecified atom stereocenters. The number of thioether (sulfide) groups is 1. The molecular formula is C19H23ClN2O4S2. The van der Waals surface area contributed by atoms with Crippen molar-refractivity contribution in [2.75, 3.05) is 32.6 Å². The van der Waals surface area contributed by atoms with Crippen molar-refractivity contribution in [1.82, 2.24) is 10.0 Å². The molecule has 0 aliphatic carbocycles. The molecule has 152 valence electrons. The van der Waals surface area contributed by atoms with Gasteiger partial charge in [-0.05, 0) is 48.9 Å². The number of ether oxygens (including phenoxy) is 1. The summed E-state index contributed by atoms with van der Waals surface area (Å²) in [6.07, 6.45) is 0.